The Kier molecular flexibility index (Phi) is 5.49. The minimum absolute atomic E-state index is 0.0142. The third kappa shape index (κ3) is 4.25. The molecule has 1 fully saturated rings. The Labute approximate surface area is 171 Å². The molecule has 29 heavy (non-hydrogen) atoms. The standard InChI is InChI=1S/C24H26N4O/c25-21-15-20(16-22(26)17-21)24(29)28-13-11-27(12-14-28)23(18-7-3-1-4-8-18)19-9-5-2-6-10-19/h1-10,15-17,23H,11-14,25-26H2. The summed E-state index contributed by atoms with van der Waals surface area (Å²) >= 11 is 0. The third-order valence-corrected chi connectivity index (χ3v) is 5.42. The van der Waals surface area contributed by atoms with Crippen molar-refractivity contribution in [2.75, 3.05) is 37.6 Å². The number of nitrogens with zero attached hydrogens (tertiary/aromatic N) is 2. The molecule has 5 nitrogen and oxygen atoms in total. The van der Waals surface area contributed by atoms with Crippen LogP contribution in [0.15, 0.2) is 78.9 Å². The first-order chi connectivity index (χ1) is 14.1. The van der Waals surface area contributed by atoms with Gasteiger partial charge in [-0.15, -0.1) is 0 Å². The largest absolute Gasteiger partial charge is 0.399 e. The molecular weight excluding hydrogens is 360 g/mol. The van der Waals surface area contributed by atoms with Gasteiger partial charge in [0, 0.05) is 43.1 Å². The molecule has 0 radical (unpaired) electrons. The van der Waals surface area contributed by atoms with Crippen LogP contribution in [0.3, 0.4) is 0 Å². The molecule has 1 aliphatic heterocycles. The molecule has 0 aliphatic carbocycles. The number of nitrogen functional groups attached to an aromatic ring is 2. The van der Waals surface area contributed by atoms with Gasteiger partial charge in [0.1, 0.15) is 0 Å². The van der Waals surface area contributed by atoms with E-state index in [-0.39, 0.29) is 11.9 Å². The first kappa shape index (κ1) is 19.0. The lowest BCUT2D eigenvalue weighted by Crippen LogP contribution is -2.49. The second-order valence-electron chi connectivity index (χ2n) is 7.44. The van der Waals surface area contributed by atoms with Crippen LogP contribution in [0, 0.1) is 0 Å². The number of hydrogen-bond acceptors (Lipinski definition) is 4. The van der Waals surface area contributed by atoms with E-state index in [1.165, 1.54) is 11.1 Å². The third-order valence-electron chi connectivity index (χ3n) is 5.42. The number of benzene rings is 3. The van der Waals surface area contributed by atoms with Crippen molar-refractivity contribution >= 4 is 17.3 Å². The van der Waals surface area contributed by atoms with Gasteiger partial charge in [-0.2, -0.15) is 0 Å². The van der Waals surface area contributed by atoms with Crippen molar-refractivity contribution < 1.29 is 4.79 Å². The van der Waals surface area contributed by atoms with E-state index >= 15 is 0 Å². The van der Waals surface area contributed by atoms with Gasteiger partial charge in [0.15, 0.2) is 0 Å². The summed E-state index contributed by atoms with van der Waals surface area (Å²) in [6, 6.07) is 26.3. The normalized spacial score (nSPS) is 14.9. The highest BCUT2D eigenvalue weighted by Crippen LogP contribution is 2.29. The molecule has 148 valence electrons. The van der Waals surface area contributed by atoms with Gasteiger partial charge < -0.3 is 16.4 Å². The number of carbonyl (C=O) groups is 1. The zero-order valence-electron chi connectivity index (χ0n) is 16.4. The minimum Gasteiger partial charge on any atom is -0.399 e. The quantitative estimate of drug-likeness (QED) is 0.674. The van der Waals surface area contributed by atoms with Crippen LogP contribution in [0.25, 0.3) is 0 Å². The Balaban J connectivity index is 1.52. The SMILES string of the molecule is Nc1cc(N)cc(C(=O)N2CCN(C(c3ccccc3)c3ccccc3)CC2)c1. The summed E-state index contributed by atoms with van der Waals surface area (Å²) in [7, 11) is 0. The molecule has 1 amide bonds. The van der Waals surface area contributed by atoms with Crippen LogP contribution in [-0.4, -0.2) is 41.9 Å². The molecule has 0 saturated carbocycles. The van der Waals surface area contributed by atoms with Crippen LogP contribution in [0.2, 0.25) is 0 Å². The smallest absolute Gasteiger partial charge is 0.254 e. The van der Waals surface area contributed by atoms with Crippen LogP contribution >= 0.6 is 0 Å². The summed E-state index contributed by atoms with van der Waals surface area (Å²) < 4.78 is 0. The van der Waals surface area contributed by atoms with Crippen molar-refractivity contribution in [3.63, 3.8) is 0 Å². The molecule has 0 bridgehead atoms. The lowest BCUT2D eigenvalue weighted by molar-refractivity contribution is 0.0597. The van der Waals surface area contributed by atoms with E-state index in [0.717, 1.165) is 13.1 Å². The molecule has 0 unspecified atom stereocenters. The minimum atomic E-state index is -0.0142. The van der Waals surface area contributed by atoms with E-state index in [1.54, 1.807) is 18.2 Å². The molecule has 1 heterocycles. The molecule has 3 aromatic carbocycles. The predicted octanol–water partition coefficient (Wildman–Crippen LogP) is 3.40. The van der Waals surface area contributed by atoms with Crippen LogP contribution in [0.4, 0.5) is 11.4 Å². The summed E-state index contributed by atoms with van der Waals surface area (Å²) in [6.45, 7) is 2.95. The molecule has 5 heteroatoms. The Morgan fingerprint density at radius 3 is 1.69 bits per heavy atom. The van der Waals surface area contributed by atoms with Crippen LogP contribution < -0.4 is 11.5 Å². The number of amides is 1. The van der Waals surface area contributed by atoms with Crippen molar-refractivity contribution in [1.82, 2.24) is 9.80 Å². The maximum atomic E-state index is 12.9. The first-order valence-electron chi connectivity index (χ1n) is 9.91. The molecule has 0 spiro atoms. The van der Waals surface area contributed by atoms with Gasteiger partial charge in [-0.25, -0.2) is 0 Å². The first-order valence-corrected chi connectivity index (χ1v) is 9.91. The topological polar surface area (TPSA) is 75.6 Å². The summed E-state index contributed by atoms with van der Waals surface area (Å²) in [5.41, 5.74) is 15.8. The summed E-state index contributed by atoms with van der Waals surface area (Å²) in [4.78, 5) is 17.3. The second kappa shape index (κ2) is 8.37. The highest BCUT2D eigenvalue weighted by atomic mass is 16.2. The van der Waals surface area contributed by atoms with Crippen molar-refractivity contribution in [1.29, 1.82) is 0 Å². The lowest BCUT2D eigenvalue weighted by Gasteiger charge is -2.39. The molecular formula is C24H26N4O. The maximum Gasteiger partial charge on any atom is 0.254 e. The van der Waals surface area contributed by atoms with E-state index in [9.17, 15) is 4.79 Å². The van der Waals surface area contributed by atoms with Crippen LogP contribution in [0.1, 0.15) is 27.5 Å². The Hall–Kier alpha value is -3.31. The Morgan fingerprint density at radius 2 is 1.21 bits per heavy atom. The average Bonchev–Trinajstić information content (AvgIpc) is 2.75. The second-order valence-corrected chi connectivity index (χ2v) is 7.44. The van der Waals surface area contributed by atoms with Crippen LogP contribution in [-0.2, 0) is 0 Å². The number of rotatable bonds is 4. The van der Waals surface area contributed by atoms with E-state index in [1.807, 2.05) is 17.0 Å². The molecule has 1 aliphatic rings. The number of nitrogens with two attached hydrogens (primary N) is 2. The van der Waals surface area contributed by atoms with Crippen molar-refractivity contribution in [3.05, 3.63) is 95.6 Å². The van der Waals surface area contributed by atoms with Crippen molar-refractivity contribution in [3.8, 4) is 0 Å². The van der Waals surface area contributed by atoms with Crippen molar-refractivity contribution in [2.24, 2.45) is 0 Å². The fourth-order valence-electron chi connectivity index (χ4n) is 4.05. The monoisotopic (exact) mass is 386 g/mol. The fraction of sp³-hybridized carbons (Fsp3) is 0.208. The average molecular weight is 386 g/mol. The molecule has 0 atom stereocenters. The summed E-state index contributed by atoms with van der Waals surface area (Å²) in [5.74, 6) is -0.0142. The van der Waals surface area contributed by atoms with Crippen LogP contribution in [0.5, 0.6) is 0 Å². The van der Waals surface area contributed by atoms with Gasteiger partial charge in [-0.05, 0) is 29.3 Å². The van der Waals surface area contributed by atoms with E-state index < -0.39 is 0 Å². The zero-order valence-corrected chi connectivity index (χ0v) is 16.4. The molecule has 3 aromatic rings. The highest BCUT2D eigenvalue weighted by molar-refractivity contribution is 5.96. The lowest BCUT2D eigenvalue weighted by atomic mass is 9.96. The Bertz CT molecular complexity index is 907. The fourth-order valence-corrected chi connectivity index (χ4v) is 4.05. The van der Waals surface area contributed by atoms with E-state index in [0.29, 0.717) is 30.0 Å². The van der Waals surface area contributed by atoms with Gasteiger partial charge in [0.25, 0.3) is 5.91 Å². The summed E-state index contributed by atoms with van der Waals surface area (Å²) in [5, 5.41) is 0. The van der Waals surface area contributed by atoms with Gasteiger partial charge in [-0.3, -0.25) is 9.69 Å². The molecule has 1 saturated heterocycles. The zero-order chi connectivity index (χ0) is 20.2. The van der Waals surface area contributed by atoms with Gasteiger partial charge in [0.05, 0.1) is 6.04 Å². The number of anilines is 2. The summed E-state index contributed by atoms with van der Waals surface area (Å²) in [6.07, 6.45) is 0. The highest BCUT2D eigenvalue weighted by Gasteiger charge is 2.28. The van der Waals surface area contributed by atoms with Gasteiger partial charge in [-0.1, -0.05) is 60.7 Å². The Morgan fingerprint density at radius 1 is 0.724 bits per heavy atom. The van der Waals surface area contributed by atoms with Gasteiger partial charge in [0.2, 0.25) is 0 Å². The van der Waals surface area contributed by atoms with E-state index in [4.69, 9.17) is 11.5 Å². The predicted molar refractivity (Wildman–Crippen MR) is 117 cm³/mol. The van der Waals surface area contributed by atoms with Crippen molar-refractivity contribution in [2.45, 2.75) is 6.04 Å². The maximum absolute atomic E-state index is 12.9. The van der Waals surface area contributed by atoms with E-state index in [2.05, 4.69) is 53.4 Å². The molecule has 4 N–H and O–H groups in total. The molecule has 0 aromatic heterocycles. The number of piperazine rings is 1. The number of hydrogen-bond donors (Lipinski definition) is 2. The number of carbonyl (C=O) groups excluding carboxylic acids is 1. The van der Waals surface area contributed by atoms with Gasteiger partial charge >= 0.3 is 0 Å². The molecule has 4 rings (SSSR count).